The van der Waals surface area contributed by atoms with Gasteiger partial charge in [0.2, 0.25) is 0 Å². The van der Waals surface area contributed by atoms with Crippen LogP contribution in [0.5, 0.6) is 5.75 Å². The first-order chi connectivity index (χ1) is 12.4. The Bertz CT molecular complexity index is 692. The molecule has 1 unspecified atom stereocenters. The summed E-state index contributed by atoms with van der Waals surface area (Å²) in [6, 6.07) is 8.20. The topological polar surface area (TPSA) is 56.5 Å². The zero-order valence-electron chi connectivity index (χ0n) is 14.6. The van der Waals surface area contributed by atoms with Crippen LogP contribution < -0.4 is 10.1 Å². The average Bonchev–Trinajstić information content (AvgIpc) is 3.31. The van der Waals surface area contributed by atoms with Crippen LogP contribution in [-0.2, 0) is 30.7 Å². The molecule has 2 aromatic rings. The molecule has 134 valence electrons. The number of aryl methyl sites for hydroxylation is 1. The third-order valence-electron chi connectivity index (χ3n) is 5.06. The van der Waals surface area contributed by atoms with Gasteiger partial charge in [0.15, 0.2) is 0 Å². The predicted molar refractivity (Wildman–Crippen MR) is 94.6 cm³/mol. The second-order valence-corrected chi connectivity index (χ2v) is 6.90. The van der Waals surface area contributed by atoms with E-state index in [1.54, 1.807) is 0 Å². The summed E-state index contributed by atoms with van der Waals surface area (Å²) in [5, 5.41) is 7.74. The SMILES string of the molecule is c1ccc(OCC2CCCO2)c(CNCc2noc3c2CCCC3)c1. The zero-order valence-corrected chi connectivity index (χ0v) is 14.6. The standard InChI is InChI=1S/C20H26N2O3/c1-3-9-19(24-14-16-7-5-11-23-16)15(6-1)12-21-13-18-17-8-2-4-10-20(17)25-22-18/h1,3,6,9,16,21H,2,4-5,7-8,10-14H2. The molecule has 0 radical (unpaired) electrons. The van der Waals surface area contributed by atoms with Crippen molar-refractivity contribution < 1.29 is 14.0 Å². The van der Waals surface area contributed by atoms with E-state index in [2.05, 4.69) is 16.5 Å². The van der Waals surface area contributed by atoms with Crippen molar-refractivity contribution in [3.63, 3.8) is 0 Å². The Labute approximate surface area is 148 Å². The number of rotatable bonds is 7. The minimum atomic E-state index is 0.239. The molecular weight excluding hydrogens is 316 g/mol. The lowest BCUT2D eigenvalue weighted by atomic mass is 9.96. The fraction of sp³-hybridized carbons (Fsp3) is 0.550. The van der Waals surface area contributed by atoms with Gasteiger partial charge in [-0.05, 0) is 38.2 Å². The molecule has 0 spiro atoms. The number of para-hydroxylation sites is 1. The maximum atomic E-state index is 6.00. The average molecular weight is 342 g/mol. The van der Waals surface area contributed by atoms with Crippen molar-refractivity contribution in [2.24, 2.45) is 0 Å². The van der Waals surface area contributed by atoms with E-state index >= 15 is 0 Å². The molecule has 1 N–H and O–H groups in total. The van der Waals surface area contributed by atoms with E-state index in [1.807, 2.05) is 18.2 Å². The fourth-order valence-electron chi connectivity index (χ4n) is 3.65. The summed E-state index contributed by atoms with van der Waals surface area (Å²) in [6.45, 7) is 2.98. The normalized spacial score (nSPS) is 19.8. The summed E-state index contributed by atoms with van der Waals surface area (Å²) >= 11 is 0. The molecule has 2 aliphatic rings. The van der Waals surface area contributed by atoms with Crippen LogP contribution in [0.4, 0.5) is 0 Å². The van der Waals surface area contributed by atoms with Crippen molar-refractivity contribution in [2.45, 2.75) is 57.7 Å². The molecule has 5 nitrogen and oxygen atoms in total. The Kier molecular flexibility index (Phi) is 5.33. The smallest absolute Gasteiger partial charge is 0.140 e. The number of hydrogen-bond acceptors (Lipinski definition) is 5. The highest BCUT2D eigenvalue weighted by molar-refractivity contribution is 5.33. The monoisotopic (exact) mass is 342 g/mol. The summed E-state index contributed by atoms with van der Waals surface area (Å²) in [6.07, 6.45) is 7.05. The second kappa shape index (κ2) is 8.02. The number of aromatic nitrogens is 1. The molecule has 0 saturated carbocycles. The zero-order chi connectivity index (χ0) is 16.9. The summed E-state index contributed by atoms with van der Waals surface area (Å²) in [7, 11) is 0. The third kappa shape index (κ3) is 4.05. The van der Waals surface area contributed by atoms with Gasteiger partial charge in [-0.1, -0.05) is 23.4 Å². The minimum Gasteiger partial charge on any atom is -0.491 e. The van der Waals surface area contributed by atoms with Gasteiger partial charge < -0.3 is 19.3 Å². The molecule has 1 aliphatic carbocycles. The largest absolute Gasteiger partial charge is 0.491 e. The third-order valence-corrected chi connectivity index (χ3v) is 5.06. The van der Waals surface area contributed by atoms with Gasteiger partial charge in [0.1, 0.15) is 23.8 Å². The van der Waals surface area contributed by atoms with Crippen molar-refractivity contribution in [1.29, 1.82) is 0 Å². The highest BCUT2D eigenvalue weighted by Gasteiger charge is 2.19. The van der Waals surface area contributed by atoms with Crippen LogP contribution in [0.25, 0.3) is 0 Å². The van der Waals surface area contributed by atoms with Crippen LogP contribution in [0.1, 0.15) is 48.3 Å². The Morgan fingerprint density at radius 2 is 2.04 bits per heavy atom. The van der Waals surface area contributed by atoms with Gasteiger partial charge in [-0.15, -0.1) is 0 Å². The van der Waals surface area contributed by atoms with Gasteiger partial charge in [0, 0.05) is 37.2 Å². The quantitative estimate of drug-likeness (QED) is 0.836. The maximum Gasteiger partial charge on any atom is 0.140 e. The van der Waals surface area contributed by atoms with E-state index in [-0.39, 0.29) is 6.10 Å². The van der Waals surface area contributed by atoms with Crippen molar-refractivity contribution in [3.05, 3.63) is 46.8 Å². The molecule has 1 fully saturated rings. The first-order valence-corrected chi connectivity index (χ1v) is 9.39. The van der Waals surface area contributed by atoms with E-state index in [4.69, 9.17) is 14.0 Å². The lowest BCUT2D eigenvalue weighted by molar-refractivity contribution is 0.0676. The number of hydrogen-bond donors (Lipinski definition) is 1. The highest BCUT2D eigenvalue weighted by atomic mass is 16.5. The van der Waals surface area contributed by atoms with E-state index < -0.39 is 0 Å². The molecular formula is C20H26N2O3. The predicted octanol–water partition coefficient (Wildman–Crippen LogP) is 3.40. The number of nitrogens with one attached hydrogen (secondary N) is 1. The van der Waals surface area contributed by atoms with Gasteiger partial charge in [-0.25, -0.2) is 0 Å². The molecule has 0 bridgehead atoms. The first-order valence-electron chi connectivity index (χ1n) is 9.39. The van der Waals surface area contributed by atoms with Crippen LogP contribution in [0, 0.1) is 0 Å². The highest BCUT2D eigenvalue weighted by Crippen LogP contribution is 2.24. The van der Waals surface area contributed by atoms with Gasteiger partial charge >= 0.3 is 0 Å². The van der Waals surface area contributed by atoms with Gasteiger partial charge in [-0.3, -0.25) is 0 Å². The summed E-state index contributed by atoms with van der Waals surface area (Å²) < 4.78 is 17.1. The van der Waals surface area contributed by atoms with Crippen LogP contribution in [-0.4, -0.2) is 24.5 Å². The van der Waals surface area contributed by atoms with E-state index in [0.717, 1.165) is 68.1 Å². The van der Waals surface area contributed by atoms with Gasteiger partial charge in [-0.2, -0.15) is 0 Å². The Hall–Kier alpha value is -1.85. The summed E-state index contributed by atoms with van der Waals surface area (Å²) in [5.74, 6) is 2.02. The number of fused-ring (bicyclic) bond motifs is 1. The Balaban J connectivity index is 1.32. The van der Waals surface area contributed by atoms with Crippen LogP contribution in [0.15, 0.2) is 28.8 Å². The van der Waals surface area contributed by atoms with Crippen molar-refractivity contribution in [1.82, 2.24) is 10.5 Å². The fourth-order valence-corrected chi connectivity index (χ4v) is 3.65. The molecule has 1 aliphatic heterocycles. The van der Waals surface area contributed by atoms with Crippen LogP contribution >= 0.6 is 0 Å². The molecule has 25 heavy (non-hydrogen) atoms. The Morgan fingerprint density at radius 1 is 1.12 bits per heavy atom. The van der Waals surface area contributed by atoms with Crippen molar-refractivity contribution in [2.75, 3.05) is 13.2 Å². The van der Waals surface area contributed by atoms with Crippen molar-refractivity contribution >= 4 is 0 Å². The molecule has 2 heterocycles. The Morgan fingerprint density at radius 3 is 2.96 bits per heavy atom. The lowest BCUT2D eigenvalue weighted by Crippen LogP contribution is -2.19. The second-order valence-electron chi connectivity index (χ2n) is 6.90. The molecule has 5 heteroatoms. The van der Waals surface area contributed by atoms with Gasteiger partial charge in [0.25, 0.3) is 0 Å². The molecule has 4 rings (SSSR count). The van der Waals surface area contributed by atoms with E-state index in [9.17, 15) is 0 Å². The number of benzene rings is 1. The van der Waals surface area contributed by atoms with Crippen LogP contribution in [0.3, 0.4) is 0 Å². The summed E-state index contributed by atoms with van der Waals surface area (Å²) in [4.78, 5) is 0. The number of nitrogens with zero attached hydrogens (tertiary/aromatic N) is 1. The molecule has 0 amide bonds. The van der Waals surface area contributed by atoms with Gasteiger partial charge in [0.05, 0.1) is 6.10 Å². The molecule has 1 aromatic heterocycles. The van der Waals surface area contributed by atoms with E-state index in [1.165, 1.54) is 18.4 Å². The van der Waals surface area contributed by atoms with E-state index in [0.29, 0.717) is 6.61 Å². The molecule has 1 saturated heterocycles. The molecule has 1 atom stereocenters. The molecule has 1 aromatic carbocycles. The number of ether oxygens (including phenoxy) is 2. The van der Waals surface area contributed by atoms with Crippen molar-refractivity contribution in [3.8, 4) is 5.75 Å². The van der Waals surface area contributed by atoms with Crippen LogP contribution in [0.2, 0.25) is 0 Å². The lowest BCUT2D eigenvalue weighted by Gasteiger charge is -2.15. The first kappa shape index (κ1) is 16.6. The minimum absolute atomic E-state index is 0.239. The summed E-state index contributed by atoms with van der Waals surface area (Å²) in [5.41, 5.74) is 3.55. The maximum absolute atomic E-state index is 6.00.